The van der Waals surface area contributed by atoms with Crippen LogP contribution in [0.1, 0.15) is 31.1 Å². The third-order valence-electron chi connectivity index (χ3n) is 1.81. The third kappa shape index (κ3) is 3.22. The topological polar surface area (TPSA) is 35.5 Å². The Kier molecular flexibility index (Phi) is 4.28. The second-order valence-electron chi connectivity index (χ2n) is 3.53. The Morgan fingerprint density at radius 3 is 2.62 bits per heavy atom. The first-order valence-corrected chi connectivity index (χ1v) is 5.18. The van der Waals surface area contributed by atoms with Crippen molar-refractivity contribution in [3.63, 3.8) is 0 Å². The molecular weight excluding hydrogens is 211 g/mol. The molecule has 0 aliphatic heterocycles. The van der Waals surface area contributed by atoms with Crippen LogP contribution in [0.2, 0.25) is 0 Å². The summed E-state index contributed by atoms with van der Waals surface area (Å²) < 4.78 is 23.4. The molecule has 1 aromatic carbocycles. The quantitative estimate of drug-likeness (QED) is 0.740. The summed E-state index contributed by atoms with van der Waals surface area (Å²) in [6.07, 6.45) is -0.108. The molecule has 0 aliphatic rings. The number of esters is 1. The van der Waals surface area contributed by atoms with Gasteiger partial charge in [0.05, 0.1) is 18.3 Å². The number of ether oxygens (including phenoxy) is 2. The monoisotopic (exact) mass is 226 g/mol. The molecule has 0 aliphatic carbocycles. The summed E-state index contributed by atoms with van der Waals surface area (Å²) in [4.78, 5) is 11.3. The number of carbonyl (C=O) groups excluding carboxylic acids is 1. The fraction of sp³-hybridized carbons (Fsp3) is 0.417. The van der Waals surface area contributed by atoms with Gasteiger partial charge in [0.25, 0.3) is 0 Å². The van der Waals surface area contributed by atoms with Gasteiger partial charge in [-0.3, -0.25) is 0 Å². The number of hydrogen-bond donors (Lipinski definition) is 0. The van der Waals surface area contributed by atoms with E-state index in [1.807, 2.05) is 0 Å². The van der Waals surface area contributed by atoms with Gasteiger partial charge in [0.1, 0.15) is 0 Å². The second-order valence-corrected chi connectivity index (χ2v) is 3.53. The minimum atomic E-state index is -0.556. The van der Waals surface area contributed by atoms with Crippen LogP contribution in [0.5, 0.6) is 5.75 Å². The molecule has 0 bridgehead atoms. The summed E-state index contributed by atoms with van der Waals surface area (Å²) in [6, 6.07) is 4.04. The Hall–Kier alpha value is -1.58. The molecule has 16 heavy (non-hydrogen) atoms. The van der Waals surface area contributed by atoms with Gasteiger partial charge in [-0.15, -0.1) is 0 Å². The van der Waals surface area contributed by atoms with Crippen LogP contribution in [0, 0.1) is 5.82 Å². The van der Waals surface area contributed by atoms with E-state index in [4.69, 9.17) is 9.47 Å². The van der Waals surface area contributed by atoms with Gasteiger partial charge in [0.15, 0.2) is 11.6 Å². The molecular formula is C12H15FO3. The van der Waals surface area contributed by atoms with E-state index >= 15 is 0 Å². The van der Waals surface area contributed by atoms with E-state index in [9.17, 15) is 9.18 Å². The van der Waals surface area contributed by atoms with Gasteiger partial charge in [-0.25, -0.2) is 9.18 Å². The van der Waals surface area contributed by atoms with Gasteiger partial charge in [-0.1, -0.05) is 0 Å². The standard InChI is InChI=1S/C12H15FO3/c1-4-15-12(14)9-5-6-11(10(13)7-9)16-8(2)3/h5-8H,4H2,1-3H3. The molecule has 0 radical (unpaired) electrons. The Morgan fingerprint density at radius 2 is 2.12 bits per heavy atom. The van der Waals surface area contributed by atoms with Crippen LogP contribution in [-0.4, -0.2) is 18.7 Å². The number of benzene rings is 1. The zero-order valence-corrected chi connectivity index (χ0v) is 9.62. The average molecular weight is 226 g/mol. The van der Waals surface area contributed by atoms with Crippen molar-refractivity contribution in [2.24, 2.45) is 0 Å². The molecule has 0 saturated carbocycles. The fourth-order valence-corrected chi connectivity index (χ4v) is 1.19. The first-order chi connectivity index (χ1) is 7.54. The zero-order chi connectivity index (χ0) is 12.1. The van der Waals surface area contributed by atoms with Crippen molar-refractivity contribution < 1.29 is 18.7 Å². The van der Waals surface area contributed by atoms with E-state index in [1.54, 1.807) is 20.8 Å². The molecule has 0 heterocycles. The molecule has 0 unspecified atom stereocenters. The lowest BCUT2D eigenvalue weighted by Gasteiger charge is -2.11. The van der Waals surface area contributed by atoms with Crippen molar-refractivity contribution >= 4 is 5.97 Å². The minimum absolute atomic E-state index is 0.108. The van der Waals surface area contributed by atoms with Gasteiger partial charge in [-0.2, -0.15) is 0 Å². The molecule has 0 fully saturated rings. The summed E-state index contributed by atoms with van der Waals surface area (Å²) in [5.74, 6) is -0.945. The average Bonchev–Trinajstić information content (AvgIpc) is 2.20. The molecule has 4 heteroatoms. The Balaban J connectivity index is 2.86. The lowest BCUT2D eigenvalue weighted by molar-refractivity contribution is 0.0525. The predicted molar refractivity (Wildman–Crippen MR) is 58.1 cm³/mol. The van der Waals surface area contributed by atoms with E-state index in [-0.39, 0.29) is 24.0 Å². The van der Waals surface area contributed by atoms with E-state index in [2.05, 4.69) is 0 Å². The van der Waals surface area contributed by atoms with Crippen molar-refractivity contribution in [2.45, 2.75) is 26.9 Å². The van der Waals surface area contributed by atoms with Crippen LogP contribution < -0.4 is 4.74 Å². The van der Waals surface area contributed by atoms with Crippen molar-refractivity contribution in [2.75, 3.05) is 6.61 Å². The molecule has 88 valence electrons. The normalized spacial score (nSPS) is 10.3. The maximum atomic E-state index is 13.5. The first-order valence-electron chi connectivity index (χ1n) is 5.18. The number of carbonyl (C=O) groups is 1. The summed E-state index contributed by atoms with van der Waals surface area (Å²) in [7, 11) is 0. The third-order valence-corrected chi connectivity index (χ3v) is 1.81. The highest BCUT2D eigenvalue weighted by Crippen LogP contribution is 2.20. The second kappa shape index (κ2) is 5.49. The fourth-order valence-electron chi connectivity index (χ4n) is 1.19. The zero-order valence-electron chi connectivity index (χ0n) is 9.62. The Labute approximate surface area is 94.2 Å². The van der Waals surface area contributed by atoms with E-state index in [0.717, 1.165) is 6.07 Å². The number of hydrogen-bond acceptors (Lipinski definition) is 3. The van der Waals surface area contributed by atoms with Crippen molar-refractivity contribution in [1.82, 2.24) is 0 Å². The van der Waals surface area contributed by atoms with Crippen LogP contribution in [0.25, 0.3) is 0 Å². The Morgan fingerprint density at radius 1 is 1.44 bits per heavy atom. The van der Waals surface area contributed by atoms with E-state index in [1.165, 1.54) is 12.1 Å². The lowest BCUT2D eigenvalue weighted by Crippen LogP contribution is -2.09. The van der Waals surface area contributed by atoms with Crippen LogP contribution in [0.4, 0.5) is 4.39 Å². The lowest BCUT2D eigenvalue weighted by atomic mass is 10.2. The highest BCUT2D eigenvalue weighted by molar-refractivity contribution is 5.89. The molecule has 0 spiro atoms. The maximum absolute atomic E-state index is 13.5. The molecule has 0 atom stereocenters. The highest BCUT2D eigenvalue weighted by Gasteiger charge is 2.11. The molecule has 3 nitrogen and oxygen atoms in total. The van der Waals surface area contributed by atoms with Gasteiger partial charge in [0, 0.05) is 0 Å². The van der Waals surface area contributed by atoms with Crippen LogP contribution in [0.15, 0.2) is 18.2 Å². The van der Waals surface area contributed by atoms with E-state index < -0.39 is 11.8 Å². The maximum Gasteiger partial charge on any atom is 0.338 e. The summed E-state index contributed by atoms with van der Waals surface area (Å²) in [5, 5.41) is 0. The van der Waals surface area contributed by atoms with Crippen molar-refractivity contribution in [3.8, 4) is 5.75 Å². The highest BCUT2D eigenvalue weighted by atomic mass is 19.1. The molecule has 0 aromatic heterocycles. The van der Waals surface area contributed by atoms with Crippen LogP contribution >= 0.6 is 0 Å². The largest absolute Gasteiger partial charge is 0.488 e. The number of rotatable bonds is 4. The minimum Gasteiger partial charge on any atom is -0.488 e. The summed E-state index contributed by atoms with van der Waals surface area (Å²) in [5.41, 5.74) is 0.190. The smallest absolute Gasteiger partial charge is 0.338 e. The van der Waals surface area contributed by atoms with Crippen molar-refractivity contribution in [3.05, 3.63) is 29.6 Å². The molecule has 0 N–H and O–H groups in total. The van der Waals surface area contributed by atoms with Gasteiger partial charge in [-0.05, 0) is 39.0 Å². The predicted octanol–water partition coefficient (Wildman–Crippen LogP) is 2.79. The van der Waals surface area contributed by atoms with Gasteiger partial charge >= 0.3 is 5.97 Å². The molecule has 0 saturated heterocycles. The number of halogens is 1. The first kappa shape index (κ1) is 12.5. The Bertz CT molecular complexity index is 375. The van der Waals surface area contributed by atoms with Gasteiger partial charge < -0.3 is 9.47 Å². The SMILES string of the molecule is CCOC(=O)c1ccc(OC(C)C)c(F)c1. The van der Waals surface area contributed by atoms with Gasteiger partial charge in [0.2, 0.25) is 0 Å². The van der Waals surface area contributed by atoms with E-state index in [0.29, 0.717) is 0 Å². The van der Waals surface area contributed by atoms with Crippen LogP contribution in [0.3, 0.4) is 0 Å². The molecule has 1 rings (SSSR count). The van der Waals surface area contributed by atoms with Crippen LogP contribution in [-0.2, 0) is 4.74 Å². The summed E-state index contributed by atoms with van der Waals surface area (Å²) in [6.45, 7) is 5.58. The summed E-state index contributed by atoms with van der Waals surface area (Å²) >= 11 is 0. The molecule has 1 aromatic rings. The molecule has 0 amide bonds. The van der Waals surface area contributed by atoms with Crippen molar-refractivity contribution in [1.29, 1.82) is 0 Å².